The van der Waals surface area contributed by atoms with Crippen LogP contribution in [0.4, 0.5) is 0 Å². The summed E-state index contributed by atoms with van der Waals surface area (Å²) in [5, 5.41) is 10.3. The molecule has 3 heteroatoms. The molecule has 0 heterocycles. The van der Waals surface area contributed by atoms with Gasteiger partial charge in [0, 0.05) is 0 Å². The highest BCUT2D eigenvalue weighted by molar-refractivity contribution is 5.79. The van der Waals surface area contributed by atoms with Gasteiger partial charge in [0.25, 0.3) is 0 Å². The lowest BCUT2D eigenvalue weighted by atomic mass is 9.84. The van der Waals surface area contributed by atoms with Crippen LogP contribution < -0.4 is 0 Å². The fourth-order valence-electron chi connectivity index (χ4n) is 3.05. The Labute approximate surface area is 104 Å². The van der Waals surface area contributed by atoms with Crippen molar-refractivity contribution in [3.63, 3.8) is 0 Å². The first-order valence-electron chi connectivity index (χ1n) is 7.05. The van der Waals surface area contributed by atoms with Crippen molar-refractivity contribution < 1.29 is 14.6 Å². The van der Waals surface area contributed by atoms with Gasteiger partial charge in [-0.25, -0.2) is 4.79 Å². The lowest BCUT2D eigenvalue weighted by Gasteiger charge is -2.34. The first kappa shape index (κ1) is 12.9. The molecule has 0 aromatic rings. The van der Waals surface area contributed by atoms with Crippen molar-refractivity contribution in [2.24, 2.45) is 5.92 Å². The standard InChI is InChI=1S/C14H24O3/c1-11-7-3-4-8-12(11)17-13(15)14(16)9-5-2-6-10-14/h11-12,16H,2-10H2,1H3. The van der Waals surface area contributed by atoms with Crippen LogP contribution in [-0.4, -0.2) is 22.8 Å². The fourth-order valence-corrected chi connectivity index (χ4v) is 3.05. The van der Waals surface area contributed by atoms with Gasteiger partial charge in [-0.3, -0.25) is 0 Å². The molecule has 2 fully saturated rings. The maximum Gasteiger partial charge on any atom is 0.338 e. The third kappa shape index (κ3) is 3.01. The highest BCUT2D eigenvalue weighted by Crippen LogP contribution is 2.32. The smallest absolute Gasteiger partial charge is 0.338 e. The number of aliphatic hydroxyl groups is 1. The van der Waals surface area contributed by atoms with Gasteiger partial charge >= 0.3 is 5.97 Å². The summed E-state index contributed by atoms with van der Waals surface area (Å²) in [6.07, 6.45) is 8.65. The van der Waals surface area contributed by atoms with Gasteiger partial charge in [0.05, 0.1) is 0 Å². The van der Waals surface area contributed by atoms with Crippen LogP contribution in [0.25, 0.3) is 0 Å². The molecule has 2 aliphatic carbocycles. The summed E-state index contributed by atoms with van der Waals surface area (Å²) >= 11 is 0. The van der Waals surface area contributed by atoms with Crippen molar-refractivity contribution in [1.82, 2.24) is 0 Å². The maximum absolute atomic E-state index is 12.1. The first-order valence-corrected chi connectivity index (χ1v) is 7.05. The Morgan fingerprint density at radius 3 is 2.41 bits per heavy atom. The summed E-state index contributed by atoms with van der Waals surface area (Å²) in [5.74, 6) is 0.0795. The van der Waals surface area contributed by atoms with E-state index in [1.807, 2.05) is 0 Å². The minimum absolute atomic E-state index is 0.0298. The Morgan fingerprint density at radius 2 is 1.76 bits per heavy atom. The molecule has 1 N–H and O–H groups in total. The monoisotopic (exact) mass is 240 g/mol. The molecule has 0 spiro atoms. The minimum atomic E-state index is -1.19. The minimum Gasteiger partial charge on any atom is -0.460 e. The van der Waals surface area contributed by atoms with E-state index in [-0.39, 0.29) is 12.1 Å². The zero-order chi connectivity index (χ0) is 12.3. The molecule has 98 valence electrons. The van der Waals surface area contributed by atoms with Crippen LogP contribution >= 0.6 is 0 Å². The van der Waals surface area contributed by atoms with E-state index < -0.39 is 5.60 Å². The second-order valence-corrected chi connectivity index (χ2v) is 5.80. The van der Waals surface area contributed by atoms with Gasteiger partial charge in [-0.2, -0.15) is 0 Å². The Hall–Kier alpha value is -0.570. The molecule has 17 heavy (non-hydrogen) atoms. The summed E-state index contributed by atoms with van der Waals surface area (Å²) < 4.78 is 5.56. The number of rotatable bonds is 2. The second kappa shape index (κ2) is 5.38. The van der Waals surface area contributed by atoms with Crippen molar-refractivity contribution in [3.8, 4) is 0 Å². The van der Waals surface area contributed by atoms with E-state index in [1.165, 1.54) is 6.42 Å². The summed E-state index contributed by atoms with van der Waals surface area (Å²) in [4.78, 5) is 12.1. The Morgan fingerprint density at radius 1 is 1.12 bits per heavy atom. The van der Waals surface area contributed by atoms with Gasteiger partial charge in [0.1, 0.15) is 6.10 Å². The second-order valence-electron chi connectivity index (χ2n) is 5.80. The summed E-state index contributed by atoms with van der Waals surface area (Å²) in [6, 6.07) is 0. The molecule has 3 nitrogen and oxygen atoms in total. The Kier molecular flexibility index (Phi) is 4.08. The lowest BCUT2D eigenvalue weighted by Crippen LogP contribution is -2.44. The molecule has 0 saturated heterocycles. The number of hydrogen-bond acceptors (Lipinski definition) is 3. The largest absolute Gasteiger partial charge is 0.460 e. The van der Waals surface area contributed by atoms with Gasteiger partial charge in [-0.1, -0.05) is 19.8 Å². The molecule has 0 aromatic carbocycles. The lowest BCUT2D eigenvalue weighted by molar-refractivity contribution is -0.178. The molecule has 2 unspecified atom stereocenters. The summed E-state index contributed by atoms with van der Waals surface area (Å²) in [5.41, 5.74) is -1.19. The van der Waals surface area contributed by atoms with Crippen molar-refractivity contribution in [2.45, 2.75) is 76.4 Å². The molecular formula is C14H24O3. The SMILES string of the molecule is CC1CCCCC1OC(=O)C1(O)CCCCC1. The third-order valence-corrected chi connectivity index (χ3v) is 4.35. The molecule has 2 rings (SSSR count). The zero-order valence-corrected chi connectivity index (χ0v) is 10.8. The van der Waals surface area contributed by atoms with E-state index in [9.17, 15) is 9.90 Å². The van der Waals surface area contributed by atoms with Crippen LogP contribution in [0.5, 0.6) is 0 Å². The van der Waals surface area contributed by atoms with E-state index in [4.69, 9.17) is 4.74 Å². The van der Waals surface area contributed by atoms with Gasteiger partial charge in [0.2, 0.25) is 0 Å². The number of esters is 1. The summed E-state index contributed by atoms with van der Waals surface area (Å²) in [7, 11) is 0. The van der Waals surface area contributed by atoms with E-state index in [0.29, 0.717) is 18.8 Å². The quantitative estimate of drug-likeness (QED) is 0.755. The predicted octanol–water partition coefficient (Wildman–Crippen LogP) is 2.80. The van der Waals surface area contributed by atoms with Crippen molar-refractivity contribution in [3.05, 3.63) is 0 Å². The number of ether oxygens (including phenoxy) is 1. The molecule has 0 amide bonds. The van der Waals surface area contributed by atoms with Crippen LogP contribution in [0.3, 0.4) is 0 Å². The van der Waals surface area contributed by atoms with Crippen molar-refractivity contribution >= 4 is 5.97 Å². The van der Waals surface area contributed by atoms with Crippen LogP contribution in [0.15, 0.2) is 0 Å². The van der Waals surface area contributed by atoms with Crippen LogP contribution in [0, 0.1) is 5.92 Å². The molecule has 2 atom stereocenters. The first-order chi connectivity index (χ1) is 8.12. The molecule has 0 radical (unpaired) electrons. The van der Waals surface area contributed by atoms with Gasteiger partial charge < -0.3 is 9.84 Å². The number of carbonyl (C=O) groups is 1. The average molecular weight is 240 g/mol. The third-order valence-electron chi connectivity index (χ3n) is 4.35. The Bertz CT molecular complexity index is 269. The van der Waals surface area contributed by atoms with Crippen molar-refractivity contribution in [2.75, 3.05) is 0 Å². The number of hydrogen-bond donors (Lipinski definition) is 1. The normalized spacial score (nSPS) is 33.1. The topological polar surface area (TPSA) is 46.5 Å². The molecule has 0 aromatic heterocycles. The Balaban J connectivity index is 1.90. The molecule has 2 aliphatic rings. The molecule has 0 bridgehead atoms. The average Bonchev–Trinajstić information content (AvgIpc) is 2.33. The molecule has 2 saturated carbocycles. The van der Waals surface area contributed by atoms with E-state index in [0.717, 1.165) is 38.5 Å². The summed E-state index contributed by atoms with van der Waals surface area (Å²) in [6.45, 7) is 2.14. The molecule has 0 aliphatic heterocycles. The van der Waals surface area contributed by atoms with Crippen molar-refractivity contribution in [1.29, 1.82) is 0 Å². The van der Waals surface area contributed by atoms with Crippen LogP contribution in [0.1, 0.15) is 64.7 Å². The fraction of sp³-hybridized carbons (Fsp3) is 0.929. The zero-order valence-electron chi connectivity index (χ0n) is 10.8. The highest BCUT2D eigenvalue weighted by Gasteiger charge is 2.40. The highest BCUT2D eigenvalue weighted by atomic mass is 16.6. The maximum atomic E-state index is 12.1. The van der Waals surface area contributed by atoms with Crippen LogP contribution in [0.2, 0.25) is 0 Å². The van der Waals surface area contributed by atoms with Gasteiger partial charge in [0.15, 0.2) is 5.60 Å². The van der Waals surface area contributed by atoms with E-state index >= 15 is 0 Å². The van der Waals surface area contributed by atoms with Gasteiger partial charge in [-0.15, -0.1) is 0 Å². The van der Waals surface area contributed by atoms with E-state index in [2.05, 4.69) is 6.92 Å². The number of carbonyl (C=O) groups excluding carboxylic acids is 1. The predicted molar refractivity (Wildman–Crippen MR) is 65.5 cm³/mol. The van der Waals surface area contributed by atoms with Crippen LogP contribution in [-0.2, 0) is 9.53 Å². The molecular weight excluding hydrogens is 216 g/mol. The van der Waals surface area contributed by atoms with E-state index in [1.54, 1.807) is 0 Å². The van der Waals surface area contributed by atoms with Gasteiger partial charge in [-0.05, 0) is 50.9 Å².